The fraction of sp³-hybridized carbons (Fsp3) is 1.00. The van der Waals surface area contributed by atoms with Gasteiger partial charge in [-0.25, -0.2) is 0 Å². The second-order valence-corrected chi connectivity index (χ2v) is 8.18. The highest BCUT2D eigenvalue weighted by Crippen LogP contribution is 2.19. The first-order chi connectivity index (χ1) is 7.08. The van der Waals surface area contributed by atoms with E-state index in [1.54, 1.807) is 0 Å². The van der Waals surface area contributed by atoms with Crippen molar-refractivity contribution in [2.24, 2.45) is 0 Å². The fourth-order valence-electron chi connectivity index (χ4n) is 2.32. The second-order valence-electron chi connectivity index (χ2n) is 4.15. The van der Waals surface area contributed by atoms with Crippen molar-refractivity contribution in [3.63, 3.8) is 0 Å². The lowest BCUT2D eigenvalue weighted by Gasteiger charge is -2.44. The Kier molecular flexibility index (Phi) is 7.43. The van der Waals surface area contributed by atoms with Crippen molar-refractivity contribution < 1.29 is 0 Å². The topological polar surface area (TPSA) is 27.3 Å². The van der Waals surface area contributed by atoms with Gasteiger partial charge in [0.15, 0.2) is 0 Å². The standard InChI is InChI=1S/C11H29N3Si/c1-7-12-15(11(5)6,13-8-2)14(9-3)10-4/h11-13H,7-10H2,1-6H3. The van der Waals surface area contributed by atoms with E-state index in [4.69, 9.17) is 0 Å². The highest BCUT2D eigenvalue weighted by molar-refractivity contribution is 6.73. The Labute approximate surface area is 96.9 Å². The Morgan fingerprint density at radius 3 is 1.53 bits per heavy atom. The van der Waals surface area contributed by atoms with Gasteiger partial charge in [0.2, 0.25) is 0 Å². The van der Waals surface area contributed by atoms with Crippen molar-refractivity contribution in [3.8, 4) is 0 Å². The molecule has 3 nitrogen and oxygen atoms in total. The molecule has 0 aliphatic carbocycles. The SMILES string of the molecule is CCN[Si](NCC)(C(C)C)N(CC)CC. The van der Waals surface area contributed by atoms with E-state index in [0.29, 0.717) is 5.54 Å². The van der Waals surface area contributed by atoms with Crippen LogP contribution in [0.1, 0.15) is 41.5 Å². The Morgan fingerprint density at radius 1 is 0.933 bits per heavy atom. The van der Waals surface area contributed by atoms with Crippen LogP contribution in [0.2, 0.25) is 5.54 Å². The molecule has 0 amide bonds. The molecule has 0 unspecified atom stereocenters. The van der Waals surface area contributed by atoms with E-state index in [0.717, 1.165) is 26.2 Å². The Morgan fingerprint density at radius 2 is 1.33 bits per heavy atom. The van der Waals surface area contributed by atoms with Crippen molar-refractivity contribution >= 4 is 8.56 Å². The first-order valence-electron chi connectivity index (χ1n) is 6.33. The van der Waals surface area contributed by atoms with E-state index in [-0.39, 0.29) is 0 Å². The molecule has 0 aliphatic heterocycles. The van der Waals surface area contributed by atoms with Crippen LogP contribution in [0.5, 0.6) is 0 Å². The zero-order valence-corrected chi connectivity index (χ0v) is 12.4. The van der Waals surface area contributed by atoms with E-state index in [2.05, 4.69) is 56.1 Å². The molecule has 0 fully saturated rings. The van der Waals surface area contributed by atoms with Gasteiger partial charge in [0.05, 0.1) is 0 Å². The summed E-state index contributed by atoms with van der Waals surface area (Å²) in [5.41, 5.74) is 0.678. The highest BCUT2D eigenvalue weighted by atomic mass is 28.4. The van der Waals surface area contributed by atoms with Crippen LogP contribution in [-0.2, 0) is 0 Å². The minimum Gasteiger partial charge on any atom is -0.313 e. The van der Waals surface area contributed by atoms with Crippen molar-refractivity contribution in [2.75, 3.05) is 26.2 Å². The summed E-state index contributed by atoms with van der Waals surface area (Å²) in [4.78, 5) is 7.50. The first-order valence-corrected chi connectivity index (χ1v) is 8.36. The minimum absolute atomic E-state index is 0.678. The third-order valence-corrected chi connectivity index (χ3v) is 8.08. The maximum absolute atomic E-state index is 3.75. The molecule has 0 saturated carbocycles. The van der Waals surface area contributed by atoms with E-state index >= 15 is 0 Å². The number of nitrogens with one attached hydrogen (secondary N) is 2. The average molecular weight is 231 g/mol. The molecule has 0 heterocycles. The number of rotatable bonds is 8. The molecule has 0 aromatic heterocycles. The molecule has 0 spiro atoms. The lowest BCUT2D eigenvalue weighted by molar-refractivity contribution is 0.420. The molecular weight excluding hydrogens is 202 g/mol. The van der Waals surface area contributed by atoms with Gasteiger partial charge >= 0.3 is 0 Å². The molecular formula is C11H29N3Si. The predicted octanol–water partition coefficient (Wildman–Crippen LogP) is 1.90. The van der Waals surface area contributed by atoms with Gasteiger partial charge in [-0.2, -0.15) is 0 Å². The largest absolute Gasteiger partial charge is 0.313 e. The van der Waals surface area contributed by atoms with Crippen molar-refractivity contribution in [3.05, 3.63) is 0 Å². The molecule has 0 radical (unpaired) electrons. The highest BCUT2D eigenvalue weighted by Gasteiger charge is 2.41. The smallest absolute Gasteiger partial charge is 0.286 e. The number of hydrogen-bond donors (Lipinski definition) is 2. The molecule has 4 heteroatoms. The van der Waals surface area contributed by atoms with Crippen molar-refractivity contribution in [1.82, 2.24) is 14.5 Å². The lowest BCUT2D eigenvalue weighted by atomic mass is 10.6. The quantitative estimate of drug-likeness (QED) is 0.625. The van der Waals surface area contributed by atoms with Crippen LogP contribution >= 0.6 is 0 Å². The average Bonchev–Trinajstić information content (AvgIpc) is 2.19. The summed E-state index contributed by atoms with van der Waals surface area (Å²) in [7, 11) is -1.67. The minimum atomic E-state index is -1.67. The molecule has 0 atom stereocenters. The van der Waals surface area contributed by atoms with Crippen LogP contribution in [0.3, 0.4) is 0 Å². The van der Waals surface area contributed by atoms with Gasteiger partial charge in [0, 0.05) is 0 Å². The summed E-state index contributed by atoms with van der Waals surface area (Å²) in [5, 5.41) is 0. The molecule has 15 heavy (non-hydrogen) atoms. The molecule has 0 bridgehead atoms. The Balaban J connectivity index is 4.89. The zero-order chi connectivity index (χ0) is 11.9. The van der Waals surface area contributed by atoms with Gasteiger partial charge in [0.1, 0.15) is 0 Å². The van der Waals surface area contributed by atoms with Gasteiger partial charge in [-0.05, 0) is 31.7 Å². The molecule has 0 saturated heterocycles. The molecule has 0 aliphatic rings. The first kappa shape index (κ1) is 15.1. The van der Waals surface area contributed by atoms with Crippen molar-refractivity contribution in [1.29, 1.82) is 0 Å². The molecule has 0 rings (SSSR count). The van der Waals surface area contributed by atoms with Crippen LogP contribution in [0.4, 0.5) is 0 Å². The maximum atomic E-state index is 3.75. The van der Waals surface area contributed by atoms with E-state index in [9.17, 15) is 0 Å². The van der Waals surface area contributed by atoms with Gasteiger partial charge < -0.3 is 9.96 Å². The van der Waals surface area contributed by atoms with Gasteiger partial charge in [-0.15, -0.1) is 0 Å². The normalized spacial score (nSPS) is 12.8. The lowest BCUT2D eigenvalue weighted by Crippen LogP contribution is -2.74. The summed E-state index contributed by atoms with van der Waals surface area (Å²) in [6.45, 7) is 17.9. The molecule has 0 aromatic rings. The third-order valence-electron chi connectivity index (χ3n) is 2.99. The van der Waals surface area contributed by atoms with Gasteiger partial charge in [0.25, 0.3) is 8.56 Å². The van der Waals surface area contributed by atoms with Crippen LogP contribution in [0.25, 0.3) is 0 Å². The van der Waals surface area contributed by atoms with Crippen LogP contribution < -0.4 is 9.96 Å². The number of hydrogen-bond acceptors (Lipinski definition) is 3. The summed E-state index contributed by atoms with van der Waals surface area (Å²) in [6.07, 6.45) is 0. The van der Waals surface area contributed by atoms with E-state index < -0.39 is 8.56 Å². The van der Waals surface area contributed by atoms with Crippen LogP contribution in [-0.4, -0.2) is 39.3 Å². The monoisotopic (exact) mass is 231 g/mol. The van der Waals surface area contributed by atoms with Gasteiger partial charge in [-0.1, -0.05) is 41.5 Å². The number of nitrogens with zero attached hydrogens (tertiary/aromatic N) is 1. The Hall–Kier alpha value is 0.0969. The summed E-state index contributed by atoms with van der Waals surface area (Å²) < 4.78 is 2.60. The maximum Gasteiger partial charge on any atom is 0.286 e. The Bertz CT molecular complexity index is 152. The van der Waals surface area contributed by atoms with Crippen LogP contribution in [0, 0.1) is 0 Å². The summed E-state index contributed by atoms with van der Waals surface area (Å²) >= 11 is 0. The van der Waals surface area contributed by atoms with E-state index in [1.165, 1.54) is 0 Å². The van der Waals surface area contributed by atoms with Gasteiger partial charge in [-0.3, -0.25) is 4.57 Å². The summed E-state index contributed by atoms with van der Waals surface area (Å²) in [5.74, 6) is 0. The molecule has 92 valence electrons. The molecule has 2 N–H and O–H groups in total. The van der Waals surface area contributed by atoms with Crippen LogP contribution in [0.15, 0.2) is 0 Å². The second kappa shape index (κ2) is 7.38. The fourth-order valence-corrected chi connectivity index (χ4v) is 6.52. The summed E-state index contributed by atoms with van der Waals surface area (Å²) in [6, 6.07) is 0. The van der Waals surface area contributed by atoms with Crippen molar-refractivity contribution in [2.45, 2.75) is 47.1 Å². The molecule has 0 aromatic carbocycles. The zero-order valence-electron chi connectivity index (χ0n) is 11.4. The van der Waals surface area contributed by atoms with E-state index in [1.807, 2.05) is 0 Å². The third kappa shape index (κ3) is 3.55. The predicted molar refractivity (Wildman–Crippen MR) is 71.1 cm³/mol.